The van der Waals surface area contributed by atoms with Crippen molar-refractivity contribution in [2.45, 2.75) is 59.1 Å². The van der Waals surface area contributed by atoms with Gasteiger partial charge in [0.2, 0.25) is 5.91 Å². The zero-order valence-corrected chi connectivity index (χ0v) is 13.5. The van der Waals surface area contributed by atoms with Crippen LogP contribution in [0, 0.1) is 16.7 Å². The van der Waals surface area contributed by atoms with Crippen LogP contribution in [-0.4, -0.2) is 41.6 Å². The molecule has 0 saturated carbocycles. The molecule has 1 heterocycles. The van der Waals surface area contributed by atoms with Gasteiger partial charge in [-0.1, -0.05) is 6.92 Å². The minimum absolute atomic E-state index is 0.107. The summed E-state index contributed by atoms with van der Waals surface area (Å²) in [7, 11) is 0. The minimum Gasteiger partial charge on any atom is -0.444 e. The van der Waals surface area contributed by atoms with E-state index in [-0.39, 0.29) is 11.9 Å². The second-order valence-corrected chi connectivity index (χ2v) is 6.84. The van der Waals surface area contributed by atoms with Gasteiger partial charge in [0.25, 0.3) is 0 Å². The second kappa shape index (κ2) is 6.33. The van der Waals surface area contributed by atoms with E-state index in [1.807, 2.05) is 34.6 Å². The third-order valence-corrected chi connectivity index (χ3v) is 3.45. The fourth-order valence-electron chi connectivity index (χ4n) is 2.16. The number of hydrogen-bond donors (Lipinski definition) is 1. The number of nitrogens with zero attached hydrogens (tertiary/aromatic N) is 2. The number of carbonyl (C=O) groups excluding carboxylic acids is 2. The molecular weight excluding hydrogens is 270 g/mol. The Morgan fingerprint density at radius 1 is 1.43 bits per heavy atom. The van der Waals surface area contributed by atoms with Crippen LogP contribution >= 0.6 is 0 Å². The van der Waals surface area contributed by atoms with Gasteiger partial charge in [-0.3, -0.25) is 4.79 Å². The molecule has 1 N–H and O–H groups in total. The summed E-state index contributed by atoms with van der Waals surface area (Å²) in [5.41, 5.74) is -1.13. The molecule has 1 aliphatic rings. The van der Waals surface area contributed by atoms with Crippen molar-refractivity contribution in [1.29, 1.82) is 5.26 Å². The van der Waals surface area contributed by atoms with E-state index in [1.54, 1.807) is 0 Å². The fraction of sp³-hybridized carbons (Fsp3) is 0.800. The summed E-state index contributed by atoms with van der Waals surface area (Å²) in [6, 6.07) is 1.94. The van der Waals surface area contributed by atoms with Crippen molar-refractivity contribution >= 4 is 12.0 Å². The monoisotopic (exact) mass is 295 g/mol. The summed E-state index contributed by atoms with van der Waals surface area (Å²) >= 11 is 0. The molecule has 21 heavy (non-hydrogen) atoms. The fourth-order valence-corrected chi connectivity index (χ4v) is 2.16. The third-order valence-electron chi connectivity index (χ3n) is 3.45. The molecule has 1 saturated heterocycles. The highest BCUT2D eigenvalue weighted by Gasteiger charge is 2.48. The van der Waals surface area contributed by atoms with E-state index < -0.39 is 17.1 Å². The second-order valence-electron chi connectivity index (χ2n) is 6.84. The number of nitrogens with one attached hydrogen (secondary N) is 1. The number of carbonyl (C=O) groups is 2. The first-order valence-electron chi connectivity index (χ1n) is 7.27. The number of nitriles is 1. The maximum absolute atomic E-state index is 12.2. The van der Waals surface area contributed by atoms with Crippen molar-refractivity contribution in [1.82, 2.24) is 10.2 Å². The molecule has 6 heteroatoms. The van der Waals surface area contributed by atoms with Crippen LogP contribution in [0.25, 0.3) is 0 Å². The van der Waals surface area contributed by atoms with E-state index in [0.29, 0.717) is 25.9 Å². The predicted molar refractivity (Wildman–Crippen MR) is 78.4 cm³/mol. The van der Waals surface area contributed by atoms with Crippen LogP contribution in [0.5, 0.6) is 0 Å². The Balaban J connectivity index is 2.51. The van der Waals surface area contributed by atoms with Crippen molar-refractivity contribution in [3.05, 3.63) is 0 Å². The summed E-state index contributed by atoms with van der Waals surface area (Å²) in [4.78, 5) is 25.6. The third kappa shape index (κ3) is 4.62. The molecule has 1 fully saturated rings. The van der Waals surface area contributed by atoms with Crippen molar-refractivity contribution in [2.24, 2.45) is 5.41 Å². The van der Waals surface area contributed by atoms with Gasteiger partial charge < -0.3 is 15.0 Å². The number of hydrogen-bond acceptors (Lipinski definition) is 4. The molecule has 0 radical (unpaired) electrons. The van der Waals surface area contributed by atoms with E-state index in [2.05, 4.69) is 11.4 Å². The summed E-state index contributed by atoms with van der Waals surface area (Å²) in [5, 5.41) is 11.6. The Morgan fingerprint density at radius 2 is 2.00 bits per heavy atom. The van der Waals surface area contributed by atoms with Crippen molar-refractivity contribution in [2.75, 3.05) is 13.1 Å². The lowest BCUT2D eigenvalue weighted by Crippen LogP contribution is -2.64. The molecule has 1 atom stereocenters. The van der Waals surface area contributed by atoms with E-state index in [4.69, 9.17) is 10.00 Å². The molecule has 0 aliphatic carbocycles. The van der Waals surface area contributed by atoms with Crippen LogP contribution in [0.1, 0.15) is 47.5 Å². The molecule has 0 unspecified atom stereocenters. The highest BCUT2D eigenvalue weighted by atomic mass is 16.6. The Kier molecular flexibility index (Phi) is 5.21. The van der Waals surface area contributed by atoms with Crippen LogP contribution in [0.2, 0.25) is 0 Å². The molecule has 118 valence electrons. The predicted octanol–water partition coefficient (Wildman–Crippen LogP) is 2.05. The zero-order chi connectivity index (χ0) is 16.3. The summed E-state index contributed by atoms with van der Waals surface area (Å²) < 4.78 is 5.27. The zero-order valence-electron chi connectivity index (χ0n) is 13.5. The molecular formula is C15H25N3O3. The van der Waals surface area contributed by atoms with Crippen LogP contribution < -0.4 is 5.32 Å². The van der Waals surface area contributed by atoms with Gasteiger partial charge in [-0.05, 0) is 34.1 Å². The number of rotatable bonds is 4. The van der Waals surface area contributed by atoms with Gasteiger partial charge in [-0.2, -0.15) is 5.26 Å². The van der Waals surface area contributed by atoms with Gasteiger partial charge >= 0.3 is 6.09 Å². The molecule has 0 spiro atoms. The van der Waals surface area contributed by atoms with E-state index in [1.165, 1.54) is 4.90 Å². The van der Waals surface area contributed by atoms with Gasteiger partial charge in [-0.25, -0.2) is 4.79 Å². The highest BCUT2D eigenvalue weighted by Crippen LogP contribution is 2.31. The Bertz CT molecular complexity index is 442. The molecule has 1 aliphatic heterocycles. The van der Waals surface area contributed by atoms with Crippen LogP contribution in [-0.2, 0) is 9.53 Å². The van der Waals surface area contributed by atoms with Gasteiger partial charge in [-0.15, -0.1) is 0 Å². The molecule has 0 aromatic heterocycles. The summed E-state index contributed by atoms with van der Waals surface area (Å²) in [5.74, 6) is -0.107. The molecule has 1 rings (SSSR count). The first-order valence-corrected chi connectivity index (χ1v) is 7.27. The van der Waals surface area contributed by atoms with Crippen molar-refractivity contribution < 1.29 is 14.3 Å². The van der Waals surface area contributed by atoms with Gasteiger partial charge in [0, 0.05) is 19.1 Å². The van der Waals surface area contributed by atoms with Gasteiger partial charge in [0.15, 0.2) is 0 Å². The maximum Gasteiger partial charge on any atom is 0.410 e. The number of amides is 2. The summed E-state index contributed by atoms with van der Waals surface area (Å²) in [6.45, 7) is 9.87. The van der Waals surface area contributed by atoms with Crippen molar-refractivity contribution in [3.8, 4) is 6.07 Å². The maximum atomic E-state index is 12.2. The minimum atomic E-state index is -0.597. The van der Waals surface area contributed by atoms with E-state index >= 15 is 0 Å². The van der Waals surface area contributed by atoms with Crippen LogP contribution in [0.15, 0.2) is 0 Å². The lowest BCUT2D eigenvalue weighted by atomic mass is 9.81. The smallest absolute Gasteiger partial charge is 0.410 e. The summed E-state index contributed by atoms with van der Waals surface area (Å²) in [6.07, 6.45) is 0.621. The normalized spacial score (nSPS) is 18.2. The molecule has 0 aromatic rings. The standard InChI is InChI=1S/C15H25N3O3/c1-6-11(7-8-16)17-12(19)15(5)9-18(10-15)13(20)21-14(2,3)4/h11H,6-7,9-10H2,1-5H3,(H,17,19)/t11-/m1/s1. The van der Waals surface area contributed by atoms with Gasteiger partial charge in [0.1, 0.15) is 5.60 Å². The molecule has 2 amide bonds. The lowest BCUT2D eigenvalue weighted by molar-refractivity contribution is -0.139. The average molecular weight is 295 g/mol. The van der Waals surface area contributed by atoms with Gasteiger partial charge in [0.05, 0.1) is 17.9 Å². The van der Waals surface area contributed by atoms with E-state index in [0.717, 1.165) is 0 Å². The van der Waals surface area contributed by atoms with Crippen LogP contribution in [0.4, 0.5) is 4.79 Å². The Labute approximate surface area is 126 Å². The Morgan fingerprint density at radius 3 is 2.43 bits per heavy atom. The molecule has 0 aromatic carbocycles. The average Bonchev–Trinajstić information content (AvgIpc) is 2.31. The first kappa shape index (κ1) is 17.3. The number of ether oxygens (including phenoxy) is 1. The molecule has 0 bridgehead atoms. The largest absolute Gasteiger partial charge is 0.444 e. The quantitative estimate of drug-likeness (QED) is 0.860. The highest BCUT2D eigenvalue weighted by molar-refractivity contribution is 5.86. The van der Waals surface area contributed by atoms with E-state index in [9.17, 15) is 9.59 Å². The SMILES string of the molecule is CC[C@H](CC#N)NC(=O)C1(C)CN(C(=O)OC(C)(C)C)C1. The van der Waals surface area contributed by atoms with Crippen LogP contribution in [0.3, 0.4) is 0 Å². The van der Waals surface area contributed by atoms with Crippen molar-refractivity contribution in [3.63, 3.8) is 0 Å². The topological polar surface area (TPSA) is 82.4 Å². The lowest BCUT2D eigenvalue weighted by Gasteiger charge is -2.46. The number of likely N-dealkylation sites (tertiary alicyclic amines) is 1. The first-order chi connectivity index (χ1) is 9.61. The Hall–Kier alpha value is -1.77. The molecule has 6 nitrogen and oxygen atoms in total.